The maximum absolute atomic E-state index is 11.6. The van der Waals surface area contributed by atoms with Crippen molar-refractivity contribution in [3.63, 3.8) is 0 Å². The van der Waals surface area contributed by atoms with Crippen LogP contribution >= 0.6 is 12.2 Å². The van der Waals surface area contributed by atoms with Crippen LogP contribution in [0.15, 0.2) is 24.3 Å². The van der Waals surface area contributed by atoms with Crippen molar-refractivity contribution < 1.29 is 8.42 Å². The molecule has 88 valence electrons. The number of nitrogens with zero attached hydrogens (tertiary/aromatic N) is 1. The minimum Gasteiger partial charge on any atom is -0.389 e. The van der Waals surface area contributed by atoms with E-state index in [0.29, 0.717) is 10.6 Å². The minimum absolute atomic E-state index is 0.0163. The van der Waals surface area contributed by atoms with Crippen LogP contribution in [0.5, 0.6) is 0 Å². The molecule has 0 heterocycles. The molecular formula is C10H14N2O2S2. The van der Waals surface area contributed by atoms with Gasteiger partial charge in [-0.1, -0.05) is 36.5 Å². The van der Waals surface area contributed by atoms with E-state index in [1.54, 1.807) is 24.3 Å². The highest BCUT2D eigenvalue weighted by Crippen LogP contribution is 2.10. The Kier molecular flexibility index (Phi) is 4.01. The van der Waals surface area contributed by atoms with Crippen molar-refractivity contribution in [3.05, 3.63) is 35.4 Å². The number of sulfonamides is 1. The molecule has 0 saturated heterocycles. The van der Waals surface area contributed by atoms with Gasteiger partial charge in [-0.05, 0) is 5.56 Å². The van der Waals surface area contributed by atoms with Crippen LogP contribution in [0.2, 0.25) is 0 Å². The summed E-state index contributed by atoms with van der Waals surface area (Å²) >= 11 is 4.81. The lowest BCUT2D eigenvalue weighted by Crippen LogP contribution is -2.23. The van der Waals surface area contributed by atoms with Crippen LogP contribution in [0.1, 0.15) is 11.1 Å². The number of hydrogen-bond donors (Lipinski definition) is 1. The van der Waals surface area contributed by atoms with Crippen molar-refractivity contribution in [1.29, 1.82) is 0 Å². The molecular weight excluding hydrogens is 244 g/mol. The van der Waals surface area contributed by atoms with E-state index in [-0.39, 0.29) is 5.75 Å². The van der Waals surface area contributed by atoms with Gasteiger partial charge in [0.25, 0.3) is 0 Å². The van der Waals surface area contributed by atoms with Crippen molar-refractivity contribution in [2.75, 3.05) is 14.1 Å². The standard InChI is InChI=1S/C10H14N2O2S2/c1-12(2)16(13,14)7-8-3-5-9(6-4-8)10(11)15/h3-6H,7H2,1-2H3,(H2,11,15). The summed E-state index contributed by atoms with van der Waals surface area (Å²) in [4.78, 5) is 0.307. The summed E-state index contributed by atoms with van der Waals surface area (Å²) in [7, 11) is -0.190. The smallest absolute Gasteiger partial charge is 0.217 e. The fraction of sp³-hybridized carbons (Fsp3) is 0.300. The molecule has 0 aliphatic heterocycles. The monoisotopic (exact) mass is 258 g/mol. The van der Waals surface area contributed by atoms with E-state index in [2.05, 4.69) is 0 Å². The molecule has 0 unspecified atom stereocenters. The number of hydrogen-bond acceptors (Lipinski definition) is 3. The molecule has 0 spiro atoms. The average molecular weight is 258 g/mol. The number of nitrogens with two attached hydrogens (primary N) is 1. The normalized spacial score (nSPS) is 11.7. The lowest BCUT2D eigenvalue weighted by molar-refractivity contribution is 0.520. The molecule has 0 aromatic heterocycles. The molecule has 4 nitrogen and oxygen atoms in total. The van der Waals surface area contributed by atoms with E-state index in [0.717, 1.165) is 5.56 Å². The molecule has 1 rings (SSSR count). The third-order valence-corrected chi connectivity index (χ3v) is 4.19. The van der Waals surface area contributed by atoms with Crippen LogP contribution < -0.4 is 5.73 Å². The molecule has 0 radical (unpaired) electrons. The van der Waals surface area contributed by atoms with E-state index in [4.69, 9.17) is 18.0 Å². The summed E-state index contributed by atoms with van der Waals surface area (Å²) in [5, 5.41) is 0. The van der Waals surface area contributed by atoms with Gasteiger partial charge in [-0.2, -0.15) is 0 Å². The topological polar surface area (TPSA) is 63.4 Å². The zero-order valence-electron chi connectivity index (χ0n) is 9.17. The molecule has 1 aromatic rings. The number of rotatable bonds is 4. The Hall–Kier alpha value is -0.980. The van der Waals surface area contributed by atoms with Crippen molar-refractivity contribution in [3.8, 4) is 0 Å². The molecule has 0 atom stereocenters. The van der Waals surface area contributed by atoms with Gasteiger partial charge >= 0.3 is 0 Å². The molecule has 1 aromatic carbocycles. The first-order valence-electron chi connectivity index (χ1n) is 4.62. The summed E-state index contributed by atoms with van der Waals surface area (Å²) in [5.74, 6) is -0.0163. The van der Waals surface area contributed by atoms with E-state index >= 15 is 0 Å². The highest BCUT2D eigenvalue weighted by molar-refractivity contribution is 7.88. The van der Waals surface area contributed by atoms with Crippen molar-refractivity contribution in [2.45, 2.75) is 5.75 Å². The van der Waals surface area contributed by atoms with Crippen LogP contribution in [-0.2, 0) is 15.8 Å². The van der Waals surface area contributed by atoms with Gasteiger partial charge in [-0.3, -0.25) is 0 Å². The predicted molar refractivity (Wildman–Crippen MR) is 68.6 cm³/mol. The average Bonchev–Trinajstić information content (AvgIpc) is 2.17. The Morgan fingerprint density at radius 1 is 1.31 bits per heavy atom. The summed E-state index contributed by atoms with van der Waals surface area (Å²) < 4.78 is 24.4. The molecule has 0 bridgehead atoms. The first-order chi connectivity index (χ1) is 7.33. The molecule has 0 fully saturated rings. The van der Waals surface area contributed by atoms with Crippen LogP contribution in [0.4, 0.5) is 0 Å². The first kappa shape index (κ1) is 13.1. The lowest BCUT2D eigenvalue weighted by atomic mass is 10.1. The third kappa shape index (κ3) is 3.26. The molecule has 2 N–H and O–H groups in total. The lowest BCUT2D eigenvalue weighted by Gasteiger charge is -2.11. The molecule has 0 aliphatic rings. The Bertz CT molecular complexity index is 478. The Morgan fingerprint density at radius 3 is 2.19 bits per heavy atom. The van der Waals surface area contributed by atoms with Gasteiger partial charge in [0.1, 0.15) is 4.99 Å². The van der Waals surface area contributed by atoms with Crippen molar-refractivity contribution in [2.24, 2.45) is 5.73 Å². The summed E-state index contributed by atoms with van der Waals surface area (Å²) in [6.45, 7) is 0. The molecule has 0 aliphatic carbocycles. The van der Waals surface area contributed by atoms with Crippen LogP contribution in [-0.4, -0.2) is 31.8 Å². The van der Waals surface area contributed by atoms with Crippen LogP contribution in [0, 0.1) is 0 Å². The maximum Gasteiger partial charge on any atom is 0.217 e. The van der Waals surface area contributed by atoms with Crippen molar-refractivity contribution >= 4 is 27.2 Å². The van der Waals surface area contributed by atoms with Gasteiger partial charge in [0.2, 0.25) is 10.0 Å². The second-order valence-electron chi connectivity index (χ2n) is 3.60. The fourth-order valence-electron chi connectivity index (χ4n) is 1.10. The van der Waals surface area contributed by atoms with E-state index in [9.17, 15) is 8.42 Å². The van der Waals surface area contributed by atoms with Gasteiger partial charge in [-0.25, -0.2) is 12.7 Å². The van der Waals surface area contributed by atoms with Gasteiger partial charge in [0, 0.05) is 19.7 Å². The molecule has 0 saturated carbocycles. The fourth-order valence-corrected chi connectivity index (χ4v) is 2.11. The van der Waals surface area contributed by atoms with E-state index < -0.39 is 10.0 Å². The number of thiocarbonyl (C=S) groups is 1. The zero-order chi connectivity index (χ0) is 12.3. The summed E-state index contributed by atoms with van der Waals surface area (Å²) in [5.41, 5.74) is 6.90. The second kappa shape index (κ2) is 4.90. The quantitative estimate of drug-likeness (QED) is 0.808. The first-order valence-corrected chi connectivity index (χ1v) is 6.63. The predicted octanol–water partition coefficient (Wildman–Crippen LogP) is 0.712. The molecule has 6 heteroatoms. The van der Waals surface area contributed by atoms with Crippen LogP contribution in [0.3, 0.4) is 0 Å². The summed E-state index contributed by atoms with van der Waals surface area (Å²) in [6, 6.07) is 6.89. The molecule has 16 heavy (non-hydrogen) atoms. The van der Waals surface area contributed by atoms with E-state index in [1.807, 2.05) is 0 Å². The Morgan fingerprint density at radius 2 is 1.81 bits per heavy atom. The Labute approximate surface area is 101 Å². The molecule has 0 amide bonds. The minimum atomic E-state index is -3.22. The van der Waals surface area contributed by atoms with Gasteiger partial charge in [-0.15, -0.1) is 0 Å². The van der Waals surface area contributed by atoms with Crippen LogP contribution in [0.25, 0.3) is 0 Å². The van der Waals surface area contributed by atoms with Crippen molar-refractivity contribution in [1.82, 2.24) is 4.31 Å². The zero-order valence-corrected chi connectivity index (χ0v) is 10.8. The second-order valence-corrected chi connectivity index (χ2v) is 6.22. The third-order valence-electron chi connectivity index (χ3n) is 2.14. The highest BCUT2D eigenvalue weighted by atomic mass is 32.2. The maximum atomic E-state index is 11.6. The van der Waals surface area contributed by atoms with Gasteiger partial charge in [0.15, 0.2) is 0 Å². The largest absolute Gasteiger partial charge is 0.389 e. The van der Waals surface area contributed by atoms with E-state index in [1.165, 1.54) is 18.4 Å². The SMILES string of the molecule is CN(C)S(=O)(=O)Cc1ccc(C(N)=S)cc1. The number of benzene rings is 1. The highest BCUT2D eigenvalue weighted by Gasteiger charge is 2.14. The summed E-state index contributed by atoms with van der Waals surface area (Å²) in [6.07, 6.45) is 0. The Balaban J connectivity index is 2.89. The van der Waals surface area contributed by atoms with Gasteiger partial charge in [0.05, 0.1) is 5.75 Å². The van der Waals surface area contributed by atoms with Gasteiger partial charge < -0.3 is 5.73 Å².